The molecule has 2 fully saturated rings. The van der Waals surface area contributed by atoms with Crippen LogP contribution in [0.15, 0.2) is 0 Å². The van der Waals surface area contributed by atoms with Crippen molar-refractivity contribution in [2.75, 3.05) is 33.4 Å². The standard InChI is InChI=1S/C16H31NO2/c1-12-7-13(2)15(16(18)8-12)10-17(3)9-14-5-4-6-19-11-14/h12-16,18H,4-11H2,1-3H3. The SMILES string of the molecule is CC1CC(C)C(CN(C)CC2CCCOC2)C(O)C1. The molecule has 2 aliphatic rings. The molecule has 0 aromatic heterocycles. The molecule has 0 aromatic rings. The highest BCUT2D eigenvalue weighted by Gasteiger charge is 2.33. The van der Waals surface area contributed by atoms with Crippen LogP contribution in [0.4, 0.5) is 0 Å². The van der Waals surface area contributed by atoms with Crippen molar-refractivity contribution in [3.8, 4) is 0 Å². The van der Waals surface area contributed by atoms with Crippen molar-refractivity contribution in [3.05, 3.63) is 0 Å². The summed E-state index contributed by atoms with van der Waals surface area (Å²) < 4.78 is 5.55. The van der Waals surface area contributed by atoms with Crippen molar-refractivity contribution in [2.24, 2.45) is 23.7 Å². The molecule has 5 atom stereocenters. The van der Waals surface area contributed by atoms with Gasteiger partial charge in [-0.25, -0.2) is 0 Å². The van der Waals surface area contributed by atoms with E-state index in [1.165, 1.54) is 19.3 Å². The van der Waals surface area contributed by atoms with Gasteiger partial charge in [0.25, 0.3) is 0 Å². The smallest absolute Gasteiger partial charge is 0.0585 e. The van der Waals surface area contributed by atoms with Crippen molar-refractivity contribution in [3.63, 3.8) is 0 Å². The fourth-order valence-electron chi connectivity index (χ4n) is 4.00. The van der Waals surface area contributed by atoms with Crippen LogP contribution in [0.25, 0.3) is 0 Å². The summed E-state index contributed by atoms with van der Waals surface area (Å²) in [4.78, 5) is 2.42. The van der Waals surface area contributed by atoms with Crippen LogP contribution in [0.5, 0.6) is 0 Å². The molecule has 2 rings (SSSR count). The molecule has 1 heterocycles. The molecule has 5 unspecified atom stereocenters. The summed E-state index contributed by atoms with van der Waals surface area (Å²) in [5.74, 6) is 2.46. The van der Waals surface area contributed by atoms with Crippen molar-refractivity contribution < 1.29 is 9.84 Å². The first kappa shape index (κ1) is 15.3. The number of aliphatic hydroxyl groups is 1. The minimum atomic E-state index is -0.108. The van der Waals surface area contributed by atoms with E-state index in [0.29, 0.717) is 23.7 Å². The zero-order valence-corrected chi connectivity index (χ0v) is 12.8. The van der Waals surface area contributed by atoms with E-state index in [2.05, 4.69) is 25.8 Å². The zero-order chi connectivity index (χ0) is 13.8. The Hall–Kier alpha value is -0.120. The van der Waals surface area contributed by atoms with Crippen LogP contribution in [0, 0.1) is 23.7 Å². The topological polar surface area (TPSA) is 32.7 Å². The molecule has 0 spiro atoms. The van der Waals surface area contributed by atoms with Crippen LogP contribution in [-0.4, -0.2) is 49.5 Å². The third kappa shape index (κ3) is 4.44. The average Bonchev–Trinajstić information content (AvgIpc) is 2.35. The largest absolute Gasteiger partial charge is 0.393 e. The minimum absolute atomic E-state index is 0.108. The van der Waals surface area contributed by atoms with Crippen molar-refractivity contribution in [2.45, 2.75) is 45.6 Å². The molecule has 0 aromatic carbocycles. The lowest BCUT2D eigenvalue weighted by Crippen LogP contribution is -2.43. The zero-order valence-electron chi connectivity index (χ0n) is 12.8. The molecule has 3 nitrogen and oxygen atoms in total. The van der Waals surface area contributed by atoms with E-state index in [4.69, 9.17) is 4.74 Å². The third-order valence-electron chi connectivity index (χ3n) is 4.99. The van der Waals surface area contributed by atoms with E-state index in [1.54, 1.807) is 0 Å². The van der Waals surface area contributed by atoms with Crippen LogP contribution in [0.2, 0.25) is 0 Å². The highest BCUT2D eigenvalue weighted by atomic mass is 16.5. The normalized spacial score (nSPS) is 40.6. The summed E-state index contributed by atoms with van der Waals surface area (Å²) in [6, 6.07) is 0. The minimum Gasteiger partial charge on any atom is -0.393 e. The van der Waals surface area contributed by atoms with Gasteiger partial charge in [0.1, 0.15) is 0 Å². The van der Waals surface area contributed by atoms with Crippen molar-refractivity contribution >= 4 is 0 Å². The van der Waals surface area contributed by atoms with Gasteiger partial charge in [-0.15, -0.1) is 0 Å². The number of ether oxygens (including phenoxy) is 1. The lowest BCUT2D eigenvalue weighted by Gasteiger charge is -2.39. The number of nitrogens with zero attached hydrogens (tertiary/aromatic N) is 1. The lowest BCUT2D eigenvalue weighted by atomic mass is 9.73. The van der Waals surface area contributed by atoms with Gasteiger partial charge in [-0.3, -0.25) is 0 Å². The monoisotopic (exact) mass is 269 g/mol. The van der Waals surface area contributed by atoms with E-state index >= 15 is 0 Å². The summed E-state index contributed by atoms with van der Waals surface area (Å²) in [6.45, 7) is 8.58. The summed E-state index contributed by atoms with van der Waals surface area (Å²) in [7, 11) is 2.20. The fourth-order valence-corrected chi connectivity index (χ4v) is 4.00. The van der Waals surface area contributed by atoms with E-state index in [9.17, 15) is 5.11 Å². The molecule has 19 heavy (non-hydrogen) atoms. The Morgan fingerprint density at radius 2 is 2.00 bits per heavy atom. The van der Waals surface area contributed by atoms with Gasteiger partial charge in [0.05, 0.1) is 12.7 Å². The second-order valence-electron chi connectivity index (χ2n) is 7.09. The summed E-state index contributed by atoms with van der Waals surface area (Å²) in [6.07, 6.45) is 4.64. The fraction of sp³-hybridized carbons (Fsp3) is 1.00. The quantitative estimate of drug-likeness (QED) is 0.850. The number of hydrogen-bond acceptors (Lipinski definition) is 3. The summed E-state index contributed by atoms with van der Waals surface area (Å²) in [5, 5.41) is 10.3. The molecule has 1 saturated heterocycles. The van der Waals surface area contributed by atoms with Crippen LogP contribution in [0.3, 0.4) is 0 Å². The molecule has 112 valence electrons. The van der Waals surface area contributed by atoms with E-state index in [0.717, 1.165) is 32.7 Å². The second-order valence-corrected chi connectivity index (χ2v) is 7.09. The molecule has 3 heteroatoms. The molecule has 0 amide bonds. The maximum atomic E-state index is 10.3. The predicted molar refractivity (Wildman–Crippen MR) is 78.1 cm³/mol. The van der Waals surface area contributed by atoms with Crippen LogP contribution in [0.1, 0.15) is 39.5 Å². The van der Waals surface area contributed by atoms with Gasteiger partial charge in [0.15, 0.2) is 0 Å². The molecule has 1 aliphatic heterocycles. The number of aliphatic hydroxyl groups excluding tert-OH is 1. The summed E-state index contributed by atoms with van der Waals surface area (Å²) >= 11 is 0. The van der Waals surface area contributed by atoms with E-state index in [-0.39, 0.29) is 6.10 Å². The van der Waals surface area contributed by atoms with Gasteiger partial charge in [-0.2, -0.15) is 0 Å². The molecule has 1 N–H and O–H groups in total. The first-order chi connectivity index (χ1) is 9.06. The van der Waals surface area contributed by atoms with Crippen molar-refractivity contribution in [1.29, 1.82) is 0 Å². The summed E-state index contributed by atoms with van der Waals surface area (Å²) in [5.41, 5.74) is 0. The number of rotatable bonds is 4. The van der Waals surface area contributed by atoms with Gasteiger partial charge >= 0.3 is 0 Å². The first-order valence-corrected chi connectivity index (χ1v) is 8.00. The lowest BCUT2D eigenvalue weighted by molar-refractivity contribution is -0.00730. The molecular weight excluding hydrogens is 238 g/mol. The maximum Gasteiger partial charge on any atom is 0.0585 e. The van der Waals surface area contributed by atoms with Gasteiger partial charge in [-0.1, -0.05) is 13.8 Å². The molecule has 0 radical (unpaired) electrons. The third-order valence-corrected chi connectivity index (χ3v) is 4.99. The van der Waals surface area contributed by atoms with Crippen LogP contribution >= 0.6 is 0 Å². The highest BCUT2D eigenvalue weighted by Crippen LogP contribution is 2.34. The molecule has 0 bridgehead atoms. The number of hydrogen-bond donors (Lipinski definition) is 1. The van der Waals surface area contributed by atoms with Gasteiger partial charge in [0.2, 0.25) is 0 Å². The predicted octanol–water partition coefficient (Wildman–Crippen LogP) is 2.39. The maximum absolute atomic E-state index is 10.3. The Kier molecular flexibility index (Phi) is 5.67. The van der Waals surface area contributed by atoms with Crippen LogP contribution < -0.4 is 0 Å². The van der Waals surface area contributed by atoms with Gasteiger partial charge in [-0.05, 0) is 50.5 Å². The van der Waals surface area contributed by atoms with E-state index in [1.807, 2.05) is 0 Å². The molecular formula is C16H31NO2. The highest BCUT2D eigenvalue weighted by molar-refractivity contribution is 4.84. The van der Waals surface area contributed by atoms with E-state index < -0.39 is 0 Å². The Morgan fingerprint density at radius 3 is 2.63 bits per heavy atom. The Bertz CT molecular complexity index is 253. The van der Waals surface area contributed by atoms with Crippen LogP contribution in [-0.2, 0) is 4.74 Å². The van der Waals surface area contributed by atoms with Gasteiger partial charge in [0, 0.05) is 25.6 Å². The van der Waals surface area contributed by atoms with Gasteiger partial charge < -0.3 is 14.7 Å². The van der Waals surface area contributed by atoms with Crippen molar-refractivity contribution in [1.82, 2.24) is 4.90 Å². The molecule has 1 saturated carbocycles. The molecule has 1 aliphatic carbocycles. The Balaban J connectivity index is 1.78. The average molecular weight is 269 g/mol. The second kappa shape index (κ2) is 7.05. The first-order valence-electron chi connectivity index (χ1n) is 8.00. The Morgan fingerprint density at radius 1 is 1.21 bits per heavy atom. The Labute approximate surface area is 118 Å².